The molecule has 3 nitrogen and oxygen atoms in total. The lowest BCUT2D eigenvalue weighted by Crippen LogP contribution is -2.17. The topological polar surface area (TPSA) is 37.0 Å². The number of rotatable bonds is 7. The molecule has 0 bridgehead atoms. The SMILES string of the molecule is c1ccc(OCCCNCc2cccc3[nH]ccc23)cc1. The van der Waals surface area contributed by atoms with Crippen LogP contribution in [0, 0.1) is 0 Å². The molecule has 0 fully saturated rings. The van der Waals surface area contributed by atoms with Gasteiger partial charge in [0.25, 0.3) is 0 Å². The van der Waals surface area contributed by atoms with Crippen molar-refractivity contribution in [2.45, 2.75) is 13.0 Å². The summed E-state index contributed by atoms with van der Waals surface area (Å²) in [7, 11) is 0. The highest BCUT2D eigenvalue weighted by Crippen LogP contribution is 2.16. The lowest BCUT2D eigenvalue weighted by atomic mass is 10.1. The number of ether oxygens (including phenoxy) is 1. The van der Waals surface area contributed by atoms with Gasteiger partial charge in [-0.05, 0) is 42.8 Å². The van der Waals surface area contributed by atoms with E-state index in [1.54, 1.807) is 0 Å². The normalized spacial score (nSPS) is 10.9. The molecule has 0 aliphatic carbocycles. The van der Waals surface area contributed by atoms with Gasteiger partial charge >= 0.3 is 0 Å². The Hall–Kier alpha value is -2.26. The zero-order valence-corrected chi connectivity index (χ0v) is 12.0. The van der Waals surface area contributed by atoms with Crippen molar-refractivity contribution in [3.63, 3.8) is 0 Å². The molecule has 1 aromatic heterocycles. The molecule has 0 unspecified atom stereocenters. The van der Waals surface area contributed by atoms with Crippen LogP contribution in [0.1, 0.15) is 12.0 Å². The number of benzene rings is 2. The number of nitrogens with one attached hydrogen (secondary N) is 2. The van der Waals surface area contributed by atoms with E-state index in [4.69, 9.17) is 4.74 Å². The fourth-order valence-corrected chi connectivity index (χ4v) is 2.43. The van der Waals surface area contributed by atoms with E-state index in [2.05, 4.69) is 34.6 Å². The van der Waals surface area contributed by atoms with Crippen LogP contribution < -0.4 is 10.1 Å². The quantitative estimate of drug-likeness (QED) is 0.647. The molecule has 2 aromatic carbocycles. The van der Waals surface area contributed by atoms with Crippen LogP contribution in [0.25, 0.3) is 10.9 Å². The minimum atomic E-state index is 0.741. The van der Waals surface area contributed by atoms with Crippen LogP contribution in [0.3, 0.4) is 0 Å². The molecular weight excluding hydrogens is 260 g/mol. The van der Waals surface area contributed by atoms with E-state index in [1.807, 2.05) is 36.5 Å². The number of fused-ring (bicyclic) bond motifs is 1. The summed E-state index contributed by atoms with van der Waals surface area (Å²) in [6.45, 7) is 2.58. The molecule has 0 saturated carbocycles. The summed E-state index contributed by atoms with van der Waals surface area (Å²) in [6, 6.07) is 18.4. The standard InChI is InChI=1S/C18H20N2O/c1-2-7-16(8-3-1)21-13-5-11-19-14-15-6-4-9-18-17(15)10-12-20-18/h1-4,6-10,12,19-20H,5,11,13-14H2. The van der Waals surface area contributed by atoms with Crippen LogP contribution >= 0.6 is 0 Å². The first-order valence-corrected chi connectivity index (χ1v) is 7.37. The smallest absolute Gasteiger partial charge is 0.119 e. The number of H-pyrrole nitrogens is 1. The van der Waals surface area contributed by atoms with Crippen LogP contribution in [0.2, 0.25) is 0 Å². The second kappa shape index (κ2) is 6.95. The second-order valence-corrected chi connectivity index (χ2v) is 5.05. The van der Waals surface area contributed by atoms with Gasteiger partial charge in [0.1, 0.15) is 5.75 Å². The van der Waals surface area contributed by atoms with Gasteiger partial charge in [0.05, 0.1) is 6.61 Å². The van der Waals surface area contributed by atoms with Crippen molar-refractivity contribution in [3.05, 3.63) is 66.4 Å². The van der Waals surface area contributed by atoms with Crippen molar-refractivity contribution in [1.82, 2.24) is 10.3 Å². The Morgan fingerprint density at radius 2 is 1.86 bits per heavy atom. The Balaban J connectivity index is 1.40. The summed E-state index contributed by atoms with van der Waals surface area (Å²) in [5.41, 5.74) is 2.53. The summed E-state index contributed by atoms with van der Waals surface area (Å²) in [4.78, 5) is 3.24. The molecule has 1 heterocycles. The summed E-state index contributed by atoms with van der Waals surface area (Å²) in [6.07, 6.45) is 2.99. The first-order valence-electron chi connectivity index (χ1n) is 7.37. The lowest BCUT2D eigenvalue weighted by molar-refractivity contribution is 0.308. The highest BCUT2D eigenvalue weighted by Gasteiger charge is 2.00. The van der Waals surface area contributed by atoms with E-state index < -0.39 is 0 Å². The Kier molecular flexibility index (Phi) is 4.54. The molecule has 21 heavy (non-hydrogen) atoms. The van der Waals surface area contributed by atoms with Gasteiger partial charge in [-0.25, -0.2) is 0 Å². The lowest BCUT2D eigenvalue weighted by Gasteiger charge is -2.08. The summed E-state index contributed by atoms with van der Waals surface area (Å²) >= 11 is 0. The van der Waals surface area contributed by atoms with Crippen molar-refractivity contribution < 1.29 is 4.74 Å². The number of hydrogen-bond acceptors (Lipinski definition) is 2. The maximum absolute atomic E-state index is 5.67. The molecule has 0 atom stereocenters. The number of hydrogen-bond donors (Lipinski definition) is 2. The molecule has 0 aliphatic heterocycles. The molecule has 0 aliphatic rings. The van der Waals surface area contributed by atoms with Crippen molar-refractivity contribution in [2.24, 2.45) is 0 Å². The van der Waals surface area contributed by atoms with Gasteiger partial charge in [0, 0.05) is 23.6 Å². The summed E-state index contributed by atoms with van der Waals surface area (Å²) < 4.78 is 5.67. The molecular formula is C18H20N2O. The van der Waals surface area contributed by atoms with E-state index in [1.165, 1.54) is 16.5 Å². The molecule has 0 radical (unpaired) electrons. The van der Waals surface area contributed by atoms with Gasteiger partial charge in [-0.2, -0.15) is 0 Å². The number of aromatic nitrogens is 1. The predicted octanol–water partition coefficient (Wildman–Crippen LogP) is 3.73. The highest BCUT2D eigenvalue weighted by molar-refractivity contribution is 5.82. The Morgan fingerprint density at radius 3 is 2.76 bits per heavy atom. The van der Waals surface area contributed by atoms with Crippen LogP contribution in [0.4, 0.5) is 0 Å². The summed E-state index contributed by atoms with van der Waals surface area (Å²) in [5, 5.41) is 4.77. The average molecular weight is 280 g/mol. The molecule has 2 N–H and O–H groups in total. The van der Waals surface area contributed by atoms with E-state index in [0.29, 0.717) is 0 Å². The molecule has 3 rings (SSSR count). The zero-order chi connectivity index (χ0) is 14.3. The van der Waals surface area contributed by atoms with Gasteiger partial charge in [0.2, 0.25) is 0 Å². The Bertz CT molecular complexity index is 676. The third-order valence-electron chi connectivity index (χ3n) is 3.51. The minimum absolute atomic E-state index is 0.741. The highest BCUT2D eigenvalue weighted by atomic mass is 16.5. The summed E-state index contributed by atoms with van der Waals surface area (Å²) in [5.74, 6) is 0.939. The first kappa shape index (κ1) is 13.7. The molecule has 3 heteroatoms. The maximum atomic E-state index is 5.67. The van der Waals surface area contributed by atoms with Crippen LogP contribution in [-0.2, 0) is 6.54 Å². The fourth-order valence-electron chi connectivity index (χ4n) is 2.43. The molecule has 0 spiro atoms. The minimum Gasteiger partial charge on any atom is -0.494 e. The Morgan fingerprint density at radius 1 is 0.952 bits per heavy atom. The van der Waals surface area contributed by atoms with Crippen LogP contribution in [0.15, 0.2) is 60.8 Å². The van der Waals surface area contributed by atoms with E-state index in [0.717, 1.165) is 31.9 Å². The van der Waals surface area contributed by atoms with Crippen molar-refractivity contribution in [1.29, 1.82) is 0 Å². The first-order chi connectivity index (χ1) is 10.4. The monoisotopic (exact) mass is 280 g/mol. The number of aromatic amines is 1. The third-order valence-corrected chi connectivity index (χ3v) is 3.51. The second-order valence-electron chi connectivity index (χ2n) is 5.05. The van der Waals surface area contributed by atoms with Crippen LogP contribution in [-0.4, -0.2) is 18.1 Å². The molecule has 3 aromatic rings. The predicted molar refractivity (Wildman–Crippen MR) is 86.6 cm³/mol. The van der Waals surface area contributed by atoms with Gasteiger partial charge in [-0.1, -0.05) is 30.3 Å². The van der Waals surface area contributed by atoms with E-state index in [-0.39, 0.29) is 0 Å². The maximum Gasteiger partial charge on any atom is 0.119 e. The average Bonchev–Trinajstić information content (AvgIpc) is 3.01. The van der Waals surface area contributed by atoms with Gasteiger partial charge in [-0.15, -0.1) is 0 Å². The molecule has 0 amide bonds. The van der Waals surface area contributed by atoms with E-state index >= 15 is 0 Å². The zero-order valence-electron chi connectivity index (χ0n) is 12.0. The molecule has 0 saturated heterocycles. The fraction of sp³-hybridized carbons (Fsp3) is 0.222. The van der Waals surface area contributed by atoms with E-state index in [9.17, 15) is 0 Å². The van der Waals surface area contributed by atoms with Crippen molar-refractivity contribution >= 4 is 10.9 Å². The third kappa shape index (κ3) is 3.64. The van der Waals surface area contributed by atoms with Gasteiger partial charge < -0.3 is 15.0 Å². The largest absolute Gasteiger partial charge is 0.494 e. The molecule has 108 valence electrons. The van der Waals surface area contributed by atoms with Crippen LogP contribution in [0.5, 0.6) is 5.75 Å². The van der Waals surface area contributed by atoms with Gasteiger partial charge in [-0.3, -0.25) is 0 Å². The number of para-hydroxylation sites is 1. The van der Waals surface area contributed by atoms with Crippen molar-refractivity contribution in [3.8, 4) is 5.75 Å². The Labute approximate surface area is 125 Å². The van der Waals surface area contributed by atoms with Crippen molar-refractivity contribution in [2.75, 3.05) is 13.2 Å². The van der Waals surface area contributed by atoms with Gasteiger partial charge in [0.15, 0.2) is 0 Å².